The summed E-state index contributed by atoms with van der Waals surface area (Å²) in [6, 6.07) is 0. The molecule has 0 radical (unpaired) electrons. The van der Waals surface area contributed by atoms with Crippen molar-refractivity contribution in [3.8, 4) is 0 Å². The maximum atomic E-state index is 8.00. The van der Waals surface area contributed by atoms with Gasteiger partial charge in [0.05, 0.1) is 0 Å². The van der Waals surface area contributed by atoms with E-state index < -0.39 is 0 Å². The molecule has 0 saturated carbocycles. The normalized spacial score (nSPS) is 7.43. The molecule has 0 heterocycles. The Balaban J connectivity index is -0.0000000381. The summed E-state index contributed by atoms with van der Waals surface area (Å²) in [7, 11) is 0.892. The van der Waals surface area contributed by atoms with Crippen molar-refractivity contribution < 1.29 is 31.5 Å². The Kier molecular flexibility index (Phi) is 89.3. The van der Waals surface area contributed by atoms with Crippen molar-refractivity contribution in [2.45, 2.75) is 41.5 Å². The smallest absolute Gasteiger partial charge is 0.106 e. The van der Waals surface area contributed by atoms with Crippen LogP contribution in [-0.4, -0.2) is 57.3 Å². The first-order chi connectivity index (χ1) is 9.69. The molecule has 21 heavy (non-hydrogen) atoms. The van der Waals surface area contributed by atoms with E-state index in [1.54, 1.807) is 0 Å². The van der Waals surface area contributed by atoms with Crippen molar-refractivity contribution in [3.05, 3.63) is 0 Å². The van der Waals surface area contributed by atoms with Gasteiger partial charge in [0.15, 0.2) is 0 Å². The first-order valence-corrected chi connectivity index (χ1v) is 10.8. The molecule has 0 aromatic heterocycles. The first-order valence-electron chi connectivity index (χ1n) is 7.01. The molecule has 0 aromatic rings. The van der Waals surface area contributed by atoms with E-state index in [-0.39, 0.29) is 17.1 Å². The van der Waals surface area contributed by atoms with Gasteiger partial charge in [0, 0.05) is 17.1 Å². The van der Waals surface area contributed by atoms with Crippen LogP contribution in [0.2, 0.25) is 0 Å². The van der Waals surface area contributed by atoms with E-state index in [1.165, 1.54) is 37.0 Å². The summed E-state index contributed by atoms with van der Waals surface area (Å²) in [6.45, 7) is 19.7. The van der Waals surface area contributed by atoms with Crippen LogP contribution in [0.3, 0.4) is 0 Å². The predicted molar refractivity (Wildman–Crippen MR) is 98.4 cm³/mol. The molecule has 0 aromatic carbocycles. The van der Waals surface area contributed by atoms with Gasteiger partial charge in [-0.1, -0.05) is 41.5 Å². The fourth-order valence-corrected chi connectivity index (χ4v) is 4.02. The van der Waals surface area contributed by atoms with Gasteiger partial charge < -0.3 is 14.4 Å². The maximum absolute atomic E-state index is 8.00. The maximum Gasteiger partial charge on any atom is 0.106 e. The molecule has 0 rings (SSSR count). The van der Waals surface area contributed by atoms with Gasteiger partial charge in [-0.3, -0.25) is 0 Å². The summed E-state index contributed by atoms with van der Waals surface area (Å²) >= 11 is 0. The molecule has 0 amide bonds. The second-order valence-electron chi connectivity index (χ2n) is 3.24. The van der Waals surface area contributed by atoms with Gasteiger partial charge in [-0.25, -0.2) is 0 Å². The summed E-state index contributed by atoms with van der Waals surface area (Å²) < 4.78 is 0. The van der Waals surface area contributed by atoms with Gasteiger partial charge in [-0.05, 0) is 37.0 Å². The van der Waals surface area contributed by atoms with E-state index in [0.717, 1.165) is 0 Å². The Morgan fingerprint density at radius 3 is 0.571 bits per heavy atom. The van der Waals surface area contributed by atoms with Crippen molar-refractivity contribution >= 4 is 36.2 Å². The molecular formula is C15H36FeO3P2. The van der Waals surface area contributed by atoms with Crippen molar-refractivity contribution in [1.29, 1.82) is 0 Å². The van der Waals surface area contributed by atoms with Gasteiger partial charge in [0.2, 0.25) is 0 Å². The van der Waals surface area contributed by atoms with Crippen LogP contribution in [0.4, 0.5) is 0 Å². The number of hydrogen-bond donors (Lipinski definition) is 0. The Bertz CT molecular complexity index is 108. The Morgan fingerprint density at radius 2 is 0.571 bits per heavy atom. The third-order valence-electron chi connectivity index (χ3n) is 2.68. The van der Waals surface area contributed by atoms with Gasteiger partial charge in [-0.2, -0.15) is 0 Å². The first kappa shape index (κ1) is 37.5. The molecule has 0 spiro atoms. The second kappa shape index (κ2) is 49.9. The van der Waals surface area contributed by atoms with Crippen molar-refractivity contribution in [1.82, 2.24) is 0 Å². The quantitative estimate of drug-likeness (QED) is 0.502. The zero-order valence-electron chi connectivity index (χ0n) is 14.8. The summed E-state index contributed by atoms with van der Waals surface area (Å²) in [6.07, 6.45) is 8.51. The minimum Gasteiger partial charge on any atom is -0.307 e. The van der Waals surface area contributed by atoms with Crippen LogP contribution in [0.1, 0.15) is 41.5 Å². The minimum atomic E-state index is 0. The number of hydrogen-bond acceptors (Lipinski definition) is 3. The summed E-state index contributed by atoms with van der Waals surface area (Å²) in [4.78, 5) is 24.0. The topological polar surface area (TPSA) is 51.2 Å². The third kappa shape index (κ3) is 44.9. The van der Waals surface area contributed by atoms with Crippen LogP contribution in [0.5, 0.6) is 0 Å². The average Bonchev–Trinajstić information content (AvgIpc) is 2.57. The molecule has 3 nitrogen and oxygen atoms in total. The molecule has 0 aliphatic carbocycles. The van der Waals surface area contributed by atoms with E-state index in [0.29, 0.717) is 15.8 Å². The second-order valence-corrected chi connectivity index (χ2v) is 9.72. The SMILES string of the molecule is C=O.C=O.C=O.CCP(CC)CC.CCP(CC)CC.[Fe]. The molecule has 6 heteroatoms. The molecule has 0 fully saturated rings. The van der Waals surface area contributed by atoms with Crippen LogP contribution in [0.15, 0.2) is 0 Å². The fourth-order valence-electron chi connectivity index (χ4n) is 1.34. The van der Waals surface area contributed by atoms with Crippen LogP contribution in [0.25, 0.3) is 0 Å². The van der Waals surface area contributed by atoms with E-state index in [9.17, 15) is 0 Å². The Morgan fingerprint density at radius 1 is 0.476 bits per heavy atom. The molecule has 0 unspecified atom stereocenters. The van der Waals surface area contributed by atoms with Gasteiger partial charge in [-0.15, -0.1) is 15.8 Å². The van der Waals surface area contributed by atoms with Gasteiger partial charge >= 0.3 is 0 Å². The molecule has 132 valence electrons. The van der Waals surface area contributed by atoms with Crippen LogP contribution < -0.4 is 0 Å². The Hall–Kier alpha value is 0.389. The zero-order chi connectivity index (χ0) is 17.4. The summed E-state index contributed by atoms with van der Waals surface area (Å²) in [5.74, 6) is 0. The van der Waals surface area contributed by atoms with Crippen LogP contribution >= 0.6 is 15.8 Å². The van der Waals surface area contributed by atoms with Crippen LogP contribution in [0, 0.1) is 0 Å². The molecular weight excluding hydrogens is 346 g/mol. The van der Waals surface area contributed by atoms with E-state index >= 15 is 0 Å². The van der Waals surface area contributed by atoms with E-state index in [4.69, 9.17) is 14.4 Å². The molecule has 0 N–H and O–H groups in total. The molecule has 0 aliphatic heterocycles. The molecule has 0 aliphatic rings. The minimum absolute atomic E-state index is 0. The summed E-state index contributed by atoms with van der Waals surface area (Å²) in [5, 5.41) is 0. The predicted octanol–water partition coefficient (Wildman–Crippen LogP) is 4.50. The van der Waals surface area contributed by atoms with Crippen molar-refractivity contribution in [2.75, 3.05) is 37.0 Å². The molecule has 0 bridgehead atoms. The largest absolute Gasteiger partial charge is 0.307 e. The number of carbonyl (C=O) groups is 3. The zero-order valence-corrected chi connectivity index (χ0v) is 17.7. The number of rotatable bonds is 6. The fraction of sp³-hybridized carbons (Fsp3) is 0.800. The summed E-state index contributed by atoms with van der Waals surface area (Å²) in [5.41, 5.74) is 0. The molecule has 0 atom stereocenters. The Labute approximate surface area is 146 Å². The average molecular weight is 382 g/mol. The standard InChI is InChI=1S/2C6H15P.3CH2O.Fe/c2*1-4-7(5-2)6-3;3*1-2;/h2*4-6H2,1-3H3;3*1H2;. The number of carbonyl (C=O) groups excluding carboxylic acids is 3. The third-order valence-corrected chi connectivity index (χ3v) is 8.05. The van der Waals surface area contributed by atoms with Crippen molar-refractivity contribution in [3.63, 3.8) is 0 Å². The van der Waals surface area contributed by atoms with Gasteiger partial charge in [0.1, 0.15) is 20.4 Å². The van der Waals surface area contributed by atoms with E-state index in [2.05, 4.69) is 41.5 Å². The molecule has 0 saturated heterocycles. The van der Waals surface area contributed by atoms with Crippen LogP contribution in [-0.2, 0) is 31.5 Å². The van der Waals surface area contributed by atoms with Crippen molar-refractivity contribution in [2.24, 2.45) is 0 Å². The van der Waals surface area contributed by atoms with Gasteiger partial charge in [0.25, 0.3) is 0 Å². The van der Waals surface area contributed by atoms with E-state index in [1.807, 2.05) is 20.4 Å². The monoisotopic (exact) mass is 382 g/mol.